The Kier molecular flexibility index (Phi) is 7.44. The standard InChI is InChI=1S/C21H23Cl2NO4S/c1-12(2)28-21(26)19-14-6-4-3-5-7-17(14)29-20(19)24-18(25)11-27-13-8-9-15(22)16(23)10-13/h8-10,12H,3-7,11H2,1-2H3,(H,24,25). The number of aryl methyl sites for hydroxylation is 1. The maximum absolute atomic E-state index is 12.7. The summed E-state index contributed by atoms with van der Waals surface area (Å²) in [6.07, 6.45) is 4.76. The van der Waals surface area contributed by atoms with Crippen LogP contribution in [0.5, 0.6) is 5.75 Å². The van der Waals surface area contributed by atoms with Crippen molar-refractivity contribution in [1.82, 2.24) is 0 Å². The Balaban J connectivity index is 1.75. The van der Waals surface area contributed by atoms with E-state index < -0.39 is 0 Å². The molecule has 1 aromatic heterocycles. The topological polar surface area (TPSA) is 64.6 Å². The van der Waals surface area contributed by atoms with E-state index in [1.54, 1.807) is 18.2 Å². The van der Waals surface area contributed by atoms with Crippen LogP contribution < -0.4 is 10.1 Å². The zero-order valence-electron chi connectivity index (χ0n) is 16.3. The molecule has 8 heteroatoms. The molecule has 29 heavy (non-hydrogen) atoms. The van der Waals surface area contributed by atoms with Crippen molar-refractivity contribution in [3.63, 3.8) is 0 Å². The molecular weight excluding hydrogens is 433 g/mol. The zero-order chi connectivity index (χ0) is 21.0. The lowest BCUT2D eigenvalue weighted by Gasteiger charge is -2.12. The summed E-state index contributed by atoms with van der Waals surface area (Å²) in [5.74, 6) is -0.304. The fourth-order valence-electron chi connectivity index (χ4n) is 3.20. The van der Waals surface area contributed by atoms with E-state index in [1.807, 2.05) is 13.8 Å². The molecule has 156 valence electrons. The first kappa shape index (κ1) is 21.9. The summed E-state index contributed by atoms with van der Waals surface area (Å²) in [6.45, 7) is 3.41. The lowest BCUT2D eigenvalue weighted by atomic mass is 10.1. The molecule has 0 bridgehead atoms. The molecule has 2 aromatic rings. The smallest absolute Gasteiger partial charge is 0.341 e. The summed E-state index contributed by atoms with van der Waals surface area (Å²) >= 11 is 13.3. The monoisotopic (exact) mass is 455 g/mol. The van der Waals surface area contributed by atoms with E-state index in [1.165, 1.54) is 11.3 Å². The summed E-state index contributed by atoms with van der Waals surface area (Å²) in [5.41, 5.74) is 1.50. The van der Waals surface area contributed by atoms with Gasteiger partial charge in [-0.2, -0.15) is 0 Å². The number of halogens is 2. The number of carbonyl (C=O) groups is 2. The lowest BCUT2D eigenvalue weighted by molar-refractivity contribution is -0.118. The van der Waals surface area contributed by atoms with Gasteiger partial charge in [0.1, 0.15) is 10.8 Å². The van der Waals surface area contributed by atoms with Crippen molar-refractivity contribution in [2.75, 3.05) is 11.9 Å². The van der Waals surface area contributed by atoms with Crippen LogP contribution in [0.2, 0.25) is 10.0 Å². The van der Waals surface area contributed by atoms with Gasteiger partial charge in [-0.05, 0) is 57.2 Å². The number of carbonyl (C=O) groups excluding carboxylic acids is 2. The number of rotatable bonds is 6. The van der Waals surface area contributed by atoms with E-state index in [2.05, 4.69) is 5.32 Å². The fraction of sp³-hybridized carbons (Fsp3) is 0.429. The van der Waals surface area contributed by atoms with Crippen molar-refractivity contribution in [3.8, 4) is 5.75 Å². The molecule has 3 rings (SSSR count). The van der Waals surface area contributed by atoms with Crippen molar-refractivity contribution < 1.29 is 19.1 Å². The second kappa shape index (κ2) is 9.83. The quantitative estimate of drug-likeness (QED) is 0.434. The molecule has 1 amide bonds. The molecule has 0 radical (unpaired) electrons. The van der Waals surface area contributed by atoms with Gasteiger partial charge in [0.05, 0.1) is 21.7 Å². The summed E-state index contributed by atoms with van der Waals surface area (Å²) in [7, 11) is 0. The van der Waals surface area contributed by atoms with Gasteiger partial charge in [0.2, 0.25) is 0 Å². The summed E-state index contributed by atoms with van der Waals surface area (Å²) < 4.78 is 10.9. The van der Waals surface area contributed by atoms with Crippen LogP contribution in [-0.2, 0) is 22.4 Å². The number of esters is 1. The molecule has 0 spiro atoms. The van der Waals surface area contributed by atoms with Crippen molar-refractivity contribution >= 4 is 51.4 Å². The Labute approximate surface area is 184 Å². The van der Waals surface area contributed by atoms with E-state index >= 15 is 0 Å². The van der Waals surface area contributed by atoms with Gasteiger partial charge in [0.15, 0.2) is 6.61 Å². The van der Waals surface area contributed by atoms with Gasteiger partial charge in [-0.15, -0.1) is 11.3 Å². The second-order valence-corrected chi connectivity index (χ2v) is 9.05. The third-order valence-electron chi connectivity index (χ3n) is 4.48. The molecule has 0 saturated heterocycles. The van der Waals surface area contributed by atoms with E-state index in [0.717, 1.165) is 42.5 Å². The van der Waals surface area contributed by atoms with Gasteiger partial charge in [0.25, 0.3) is 5.91 Å². The number of nitrogens with one attached hydrogen (secondary N) is 1. The molecule has 1 heterocycles. The minimum atomic E-state index is -0.389. The number of ether oxygens (including phenoxy) is 2. The predicted octanol–water partition coefficient (Wildman–Crippen LogP) is 5.91. The molecule has 1 N–H and O–H groups in total. The molecule has 0 atom stereocenters. The highest BCUT2D eigenvalue weighted by molar-refractivity contribution is 7.17. The first-order valence-corrected chi connectivity index (χ1v) is 11.2. The van der Waals surface area contributed by atoms with Crippen LogP contribution in [0.1, 0.15) is 53.9 Å². The van der Waals surface area contributed by atoms with E-state index in [-0.39, 0.29) is 24.6 Å². The van der Waals surface area contributed by atoms with E-state index in [4.69, 9.17) is 32.7 Å². The van der Waals surface area contributed by atoms with Crippen LogP contribution in [0.3, 0.4) is 0 Å². The average molecular weight is 456 g/mol. The van der Waals surface area contributed by atoms with Crippen molar-refractivity contribution in [1.29, 1.82) is 0 Å². The maximum atomic E-state index is 12.7. The van der Waals surface area contributed by atoms with Gasteiger partial charge in [-0.3, -0.25) is 4.79 Å². The second-order valence-electron chi connectivity index (χ2n) is 7.14. The normalized spacial score (nSPS) is 13.6. The van der Waals surface area contributed by atoms with E-state index in [0.29, 0.717) is 26.4 Å². The molecule has 5 nitrogen and oxygen atoms in total. The zero-order valence-corrected chi connectivity index (χ0v) is 18.7. The number of amides is 1. The lowest BCUT2D eigenvalue weighted by Crippen LogP contribution is -2.22. The molecule has 1 aromatic carbocycles. The molecular formula is C21H23Cl2NO4S. The SMILES string of the molecule is CC(C)OC(=O)c1c(NC(=O)COc2ccc(Cl)c(Cl)c2)sc2c1CCCCC2. The van der Waals surface area contributed by atoms with E-state index in [9.17, 15) is 9.59 Å². The first-order chi connectivity index (χ1) is 13.8. The highest BCUT2D eigenvalue weighted by Gasteiger charge is 2.27. The number of hydrogen-bond acceptors (Lipinski definition) is 5. The molecule has 1 aliphatic carbocycles. The highest BCUT2D eigenvalue weighted by Crippen LogP contribution is 2.38. The fourth-order valence-corrected chi connectivity index (χ4v) is 4.78. The molecule has 0 aliphatic heterocycles. The van der Waals surface area contributed by atoms with Crippen LogP contribution in [-0.4, -0.2) is 24.6 Å². The van der Waals surface area contributed by atoms with Crippen LogP contribution in [0, 0.1) is 0 Å². The van der Waals surface area contributed by atoms with Gasteiger partial charge in [-0.1, -0.05) is 29.6 Å². The first-order valence-electron chi connectivity index (χ1n) is 9.58. The summed E-state index contributed by atoms with van der Waals surface area (Å²) in [6, 6.07) is 4.80. The minimum Gasteiger partial charge on any atom is -0.484 e. The number of thiophene rings is 1. The Bertz CT molecular complexity index is 910. The van der Waals surface area contributed by atoms with Crippen molar-refractivity contribution in [2.45, 2.75) is 52.1 Å². The Morgan fingerprint density at radius 2 is 1.90 bits per heavy atom. The van der Waals surface area contributed by atoms with Crippen molar-refractivity contribution in [2.24, 2.45) is 0 Å². The van der Waals surface area contributed by atoms with Crippen LogP contribution in [0.4, 0.5) is 5.00 Å². The highest BCUT2D eigenvalue weighted by atomic mass is 35.5. The minimum absolute atomic E-state index is 0.209. The summed E-state index contributed by atoms with van der Waals surface area (Å²) in [5, 5.41) is 4.13. The maximum Gasteiger partial charge on any atom is 0.341 e. The molecule has 0 saturated carbocycles. The predicted molar refractivity (Wildman–Crippen MR) is 117 cm³/mol. The van der Waals surface area contributed by atoms with Gasteiger partial charge < -0.3 is 14.8 Å². The number of benzene rings is 1. The van der Waals surface area contributed by atoms with Crippen LogP contribution in [0.15, 0.2) is 18.2 Å². The number of hydrogen-bond donors (Lipinski definition) is 1. The Morgan fingerprint density at radius 3 is 2.62 bits per heavy atom. The number of fused-ring (bicyclic) bond motifs is 1. The molecule has 0 unspecified atom stereocenters. The van der Waals surface area contributed by atoms with Gasteiger partial charge >= 0.3 is 5.97 Å². The van der Waals surface area contributed by atoms with Gasteiger partial charge in [0, 0.05) is 10.9 Å². The summed E-state index contributed by atoms with van der Waals surface area (Å²) in [4.78, 5) is 26.4. The van der Waals surface area contributed by atoms with Gasteiger partial charge in [-0.25, -0.2) is 4.79 Å². The largest absolute Gasteiger partial charge is 0.484 e. The van der Waals surface area contributed by atoms with Crippen LogP contribution in [0.25, 0.3) is 0 Å². The van der Waals surface area contributed by atoms with Crippen molar-refractivity contribution in [3.05, 3.63) is 44.2 Å². The third-order valence-corrected chi connectivity index (χ3v) is 6.43. The Hall–Kier alpha value is -1.76. The third kappa shape index (κ3) is 5.65. The number of anilines is 1. The molecule has 1 aliphatic rings. The molecule has 0 fully saturated rings. The van der Waals surface area contributed by atoms with Crippen LogP contribution >= 0.6 is 34.5 Å². The Morgan fingerprint density at radius 1 is 1.14 bits per heavy atom. The average Bonchev–Trinajstić information content (AvgIpc) is 2.82.